The second-order valence-corrected chi connectivity index (χ2v) is 9.14. The Morgan fingerprint density at radius 2 is 1.32 bits per heavy atom. The maximum atomic E-state index is 9.95. The van der Waals surface area contributed by atoms with E-state index < -0.39 is 24.4 Å². The molecular formula is C26H50O5. The number of ether oxygens (including phenoxy) is 2. The lowest BCUT2D eigenvalue weighted by Gasteiger charge is -2.20. The maximum absolute atomic E-state index is 9.95. The first kappa shape index (κ1) is 28.6. The summed E-state index contributed by atoms with van der Waals surface area (Å²) in [6.07, 6.45) is 22.1. The molecule has 3 N–H and O–H groups in total. The van der Waals surface area contributed by atoms with Crippen LogP contribution in [0.3, 0.4) is 0 Å². The van der Waals surface area contributed by atoms with E-state index in [1.807, 2.05) is 0 Å². The van der Waals surface area contributed by atoms with Crippen molar-refractivity contribution in [2.45, 2.75) is 134 Å². The van der Waals surface area contributed by atoms with Crippen molar-refractivity contribution in [1.29, 1.82) is 0 Å². The van der Waals surface area contributed by atoms with Gasteiger partial charge < -0.3 is 24.8 Å². The highest BCUT2D eigenvalue weighted by atomic mass is 16.5. The van der Waals surface area contributed by atoms with E-state index in [9.17, 15) is 15.3 Å². The summed E-state index contributed by atoms with van der Waals surface area (Å²) >= 11 is 0. The Balaban J connectivity index is 1.77. The van der Waals surface area contributed by atoms with Gasteiger partial charge in [-0.2, -0.15) is 0 Å². The highest BCUT2D eigenvalue weighted by Crippen LogP contribution is 2.18. The molecule has 1 aliphatic heterocycles. The fraction of sp³-hybridized carbons (Fsp3) is 0.923. The minimum atomic E-state index is -1.04. The van der Waals surface area contributed by atoms with Crippen molar-refractivity contribution in [3.63, 3.8) is 0 Å². The van der Waals surface area contributed by atoms with Gasteiger partial charge in [-0.15, -0.1) is 0 Å². The molecule has 1 fully saturated rings. The van der Waals surface area contributed by atoms with Crippen LogP contribution in [0.25, 0.3) is 0 Å². The molecule has 0 aromatic heterocycles. The summed E-state index contributed by atoms with van der Waals surface area (Å²) in [5.74, 6) is 0. The lowest BCUT2D eigenvalue weighted by atomic mass is 10.0. The van der Waals surface area contributed by atoms with Gasteiger partial charge in [0.15, 0.2) is 0 Å². The van der Waals surface area contributed by atoms with Crippen LogP contribution in [-0.4, -0.2) is 59.6 Å². The Morgan fingerprint density at radius 1 is 0.806 bits per heavy atom. The minimum Gasteiger partial charge on any atom is -0.388 e. The number of aliphatic hydroxyl groups excluding tert-OH is 3. The largest absolute Gasteiger partial charge is 0.388 e. The Kier molecular flexibility index (Phi) is 18.6. The third-order valence-electron chi connectivity index (χ3n) is 6.18. The average molecular weight is 443 g/mol. The molecule has 4 atom stereocenters. The van der Waals surface area contributed by atoms with Gasteiger partial charge in [-0.05, 0) is 19.3 Å². The van der Waals surface area contributed by atoms with Crippen LogP contribution in [0.1, 0.15) is 110 Å². The second-order valence-electron chi connectivity index (χ2n) is 9.14. The van der Waals surface area contributed by atoms with Gasteiger partial charge in [-0.1, -0.05) is 103 Å². The molecule has 1 aliphatic rings. The van der Waals surface area contributed by atoms with Crippen LogP contribution < -0.4 is 0 Å². The summed E-state index contributed by atoms with van der Waals surface area (Å²) in [6.45, 7) is 2.99. The molecule has 0 spiro atoms. The van der Waals surface area contributed by atoms with Crippen molar-refractivity contribution in [2.75, 3.05) is 19.8 Å². The van der Waals surface area contributed by atoms with E-state index in [0.717, 1.165) is 12.8 Å². The van der Waals surface area contributed by atoms with E-state index in [0.29, 0.717) is 6.61 Å². The number of hydrogen-bond donors (Lipinski definition) is 3. The molecule has 5 heteroatoms. The average Bonchev–Trinajstić information content (AvgIpc) is 3.10. The molecule has 1 rings (SSSR count). The van der Waals surface area contributed by atoms with Crippen LogP contribution in [-0.2, 0) is 9.47 Å². The highest BCUT2D eigenvalue weighted by molar-refractivity contribution is 4.88. The summed E-state index contributed by atoms with van der Waals surface area (Å²) in [5.41, 5.74) is 0. The number of rotatable bonds is 21. The normalized spacial score (nSPS) is 22.5. The highest BCUT2D eigenvalue weighted by Gasteiger charge is 2.39. The Morgan fingerprint density at radius 3 is 1.84 bits per heavy atom. The Bertz CT molecular complexity index is 415. The summed E-state index contributed by atoms with van der Waals surface area (Å²) in [6, 6.07) is 0. The molecule has 0 unspecified atom stereocenters. The van der Waals surface area contributed by atoms with Gasteiger partial charge in [-0.25, -0.2) is 0 Å². The second kappa shape index (κ2) is 20.2. The van der Waals surface area contributed by atoms with Crippen LogP contribution in [0.4, 0.5) is 0 Å². The fourth-order valence-corrected chi connectivity index (χ4v) is 4.11. The van der Waals surface area contributed by atoms with Gasteiger partial charge in [0, 0.05) is 0 Å². The molecule has 1 saturated heterocycles. The molecule has 0 aliphatic carbocycles. The smallest absolute Gasteiger partial charge is 0.114 e. The van der Waals surface area contributed by atoms with Crippen LogP contribution in [0.15, 0.2) is 12.2 Å². The predicted octanol–water partition coefficient (Wildman–Crippen LogP) is 5.30. The summed E-state index contributed by atoms with van der Waals surface area (Å²) in [4.78, 5) is 0. The Labute approximate surface area is 191 Å². The Hall–Kier alpha value is -0.460. The van der Waals surface area contributed by atoms with Crippen LogP contribution in [0, 0.1) is 0 Å². The molecule has 0 bridgehead atoms. The monoisotopic (exact) mass is 442 g/mol. The zero-order valence-corrected chi connectivity index (χ0v) is 20.1. The van der Waals surface area contributed by atoms with Gasteiger partial charge in [0.1, 0.15) is 24.4 Å². The number of unbranched alkanes of at least 4 members (excludes halogenated alkanes) is 14. The van der Waals surface area contributed by atoms with Gasteiger partial charge in [-0.3, -0.25) is 0 Å². The minimum absolute atomic E-state index is 0.0604. The molecule has 1 heterocycles. The van der Waals surface area contributed by atoms with Gasteiger partial charge >= 0.3 is 0 Å². The molecule has 31 heavy (non-hydrogen) atoms. The molecule has 0 aromatic rings. The van der Waals surface area contributed by atoms with Gasteiger partial charge in [0.05, 0.1) is 19.8 Å². The first-order chi connectivity index (χ1) is 15.2. The lowest BCUT2D eigenvalue weighted by Crippen LogP contribution is -2.40. The molecule has 0 amide bonds. The van der Waals surface area contributed by atoms with E-state index in [1.54, 1.807) is 0 Å². The predicted molar refractivity (Wildman–Crippen MR) is 127 cm³/mol. The molecule has 0 aromatic carbocycles. The molecule has 5 nitrogen and oxygen atoms in total. The van der Waals surface area contributed by atoms with E-state index in [-0.39, 0.29) is 13.2 Å². The van der Waals surface area contributed by atoms with Crippen molar-refractivity contribution in [2.24, 2.45) is 0 Å². The van der Waals surface area contributed by atoms with Gasteiger partial charge in [0.2, 0.25) is 0 Å². The van der Waals surface area contributed by atoms with Crippen LogP contribution in [0.2, 0.25) is 0 Å². The fourth-order valence-electron chi connectivity index (χ4n) is 4.11. The number of aliphatic hydroxyl groups is 3. The number of hydrogen-bond acceptors (Lipinski definition) is 5. The summed E-state index contributed by atoms with van der Waals surface area (Å²) < 4.78 is 10.6. The first-order valence-electron chi connectivity index (χ1n) is 13.0. The van der Waals surface area contributed by atoms with Crippen molar-refractivity contribution in [3.05, 3.63) is 12.2 Å². The van der Waals surface area contributed by atoms with Crippen molar-refractivity contribution in [1.82, 2.24) is 0 Å². The number of allylic oxidation sites excluding steroid dienone is 1. The third kappa shape index (κ3) is 15.1. The van der Waals surface area contributed by atoms with Gasteiger partial charge in [0.25, 0.3) is 0 Å². The standard InChI is InChI=1S/C26H50O5/c1-2-3-4-5-6-7-8-9-10-11-12-13-14-15-16-17-18-19-20-30-21-24(28)26-25(29)23(27)22-31-26/h17-18,23-29H,2-16,19-22H2,1H3/b18-17+/t23-,24+,25+,26+/m0/s1. The van der Waals surface area contributed by atoms with Crippen molar-refractivity contribution >= 4 is 0 Å². The van der Waals surface area contributed by atoms with Crippen LogP contribution in [0.5, 0.6) is 0 Å². The van der Waals surface area contributed by atoms with E-state index in [2.05, 4.69) is 19.1 Å². The maximum Gasteiger partial charge on any atom is 0.114 e. The molecular weight excluding hydrogens is 392 g/mol. The lowest BCUT2D eigenvalue weighted by molar-refractivity contribution is -0.0806. The first-order valence-corrected chi connectivity index (χ1v) is 13.0. The van der Waals surface area contributed by atoms with Crippen molar-refractivity contribution < 1.29 is 24.8 Å². The summed E-state index contributed by atoms with van der Waals surface area (Å²) in [7, 11) is 0. The van der Waals surface area contributed by atoms with E-state index in [4.69, 9.17) is 9.47 Å². The summed E-state index contributed by atoms with van der Waals surface area (Å²) in [5, 5.41) is 29.1. The quantitative estimate of drug-likeness (QED) is 0.166. The zero-order valence-electron chi connectivity index (χ0n) is 20.1. The zero-order chi connectivity index (χ0) is 22.6. The SMILES string of the molecule is CCCCCCCCCCCCCCCC/C=C/CCOC[C@@H](O)[C@H]1OC[C@H](O)[C@H]1O. The van der Waals surface area contributed by atoms with Crippen molar-refractivity contribution in [3.8, 4) is 0 Å². The van der Waals surface area contributed by atoms with E-state index >= 15 is 0 Å². The topological polar surface area (TPSA) is 79.2 Å². The van der Waals surface area contributed by atoms with Crippen LogP contribution >= 0.6 is 0 Å². The third-order valence-corrected chi connectivity index (χ3v) is 6.18. The molecule has 0 radical (unpaired) electrons. The molecule has 184 valence electrons. The van der Waals surface area contributed by atoms with E-state index in [1.165, 1.54) is 89.9 Å². The molecule has 0 saturated carbocycles.